The van der Waals surface area contributed by atoms with Gasteiger partial charge in [-0.1, -0.05) is 169 Å². The molecule has 6 heteroatoms. The molecule has 0 aliphatic carbocycles. The maximum Gasteiger partial charge on any atom is 0.306 e. The van der Waals surface area contributed by atoms with Crippen LogP contribution in [0.15, 0.2) is 0 Å². The first-order chi connectivity index (χ1) is 21.9. The summed E-state index contributed by atoms with van der Waals surface area (Å²) in [6.45, 7) is 8.81. The Morgan fingerprint density at radius 3 is 1.09 bits per heavy atom. The molecule has 0 aromatic heterocycles. The number of rotatable bonds is 34. The molecule has 0 spiro atoms. The summed E-state index contributed by atoms with van der Waals surface area (Å²) in [5.74, 6) is -0.120. The lowest BCUT2D eigenvalue weighted by atomic mass is 10.0. The second-order valence-corrected chi connectivity index (χ2v) is 13.7. The smallest absolute Gasteiger partial charge is 0.306 e. The lowest BCUT2D eigenvalue weighted by Crippen LogP contribution is -2.30. The number of ether oxygens (including phenoxy) is 3. The molecule has 0 rings (SSSR count). The van der Waals surface area contributed by atoms with Crippen molar-refractivity contribution < 1.29 is 28.6 Å². The maximum absolute atomic E-state index is 12.4. The fourth-order valence-electron chi connectivity index (χ4n) is 5.57. The zero-order valence-corrected chi connectivity index (χ0v) is 30.3. The number of unbranched alkanes of at least 4 members (excludes halogenated alkanes) is 21. The molecule has 266 valence electrons. The standard InChI is InChI=1S/C39H74O6/c1-5-7-9-11-12-13-14-15-16-17-18-23-26-30-37(40)43-33-36(45-39(42)32-28-21-10-8-6-2)34-44-38(41)31-27-24-20-19-22-25-29-35(3)4/h35-36H,5-34H2,1-4H3/t36-/m1/s1. The van der Waals surface area contributed by atoms with Gasteiger partial charge < -0.3 is 14.2 Å². The van der Waals surface area contributed by atoms with E-state index in [1.165, 1.54) is 96.3 Å². The molecule has 0 radical (unpaired) electrons. The third-order valence-corrected chi connectivity index (χ3v) is 8.54. The van der Waals surface area contributed by atoms with Gasteiger partial charge >= 0.3 is 17.9 Å². The third-order valence-electron chi connectivity index (χ3n) is 8.54. The topological polar surface area (TPSA) is 78.9 Å². The summed E-state index contributed by atoms with van der Waals surface area (Å²) in [5.41, 5.74) is 0. The van der Waals surface area contributed by atoms with Crippen molar-refractivity contribution in [2.45, 2.75) is 214 Å². The van der Waals surface area contributed by atoms with E-state index in [0.717, 1.165) is 70.1 Å². The first kappa shape index (κ1) is 43.4. The van der Waals surface area contributed by atoms with Crippen LogP contribution in [0.4, 0.5) is 0 Å². The van der Waals surface area contributed by atoms with Gasteiger partial charge in [-0.05, 0) is 25.2 Å². The van der Waals surface area contributed by atoms with Crippen LogP contribution in [0.3, 0.4) is 0 Å². The van der Waals surface area contributed by atoms with Gasteiger partial charge in [0.15, 0.2) is 6.10 Å². The van der Waals surface area contributed by atoms with Crippen molar-refractivity contribution in [3.8, 4) is 0 Å². The minimum Gasteiger partial charge on any atom is -0.462 e. The molecule has 0 aliphatic rings. The molecule has 0 saturated carbocycles. The number of esters is 3. The van der Waals surface area contributed by atoms with Crippen LogP contribution in [0.2, 0.25) is 0 Å². The van der Waals surface area contributed by atoms with Crippen molar-refractivity contribution >= 4 is 17.9 Å². The molecule has 0 bridgehead atoms. The Morgan fingerprint density at radius 2 is 0.733 bits per heavy atom. The zero-order valence-electron chi connectivity index (χ0n) is 30.3. The van der Waals surface area contributed by atoms with Crippen molar-refractivity contribution in [2.24, 2.45) is 5.92 Å². The Balaban J connectivity index is 4.21. The summed E-state index contributed by atoms with van der Waals surface area (Å²) in [6.07, 6.45) is 29.9. The van der Waals surface area contributed by atoms with Gasteiger partial charge in [-0.2, -0.15) is 0 Å². The van der Waals surface area contributed by atoms with E-state index in [-0.39, 0.29) is 31.1 Å². The molecule has 0 unspecified atom stereocenters. The molecular weight excluding hydrogens is 564 g/mol. The minimum absolute atomic E-state index is 0.0670. The molecule has 0 saturated heterocycles. The van der Waals surface area contributed by atoms with Crippen molar-refractivity contribution in [2.75, 3.05) is 13.2 Å². The highest BCUT2D eigenvalue weighted by Gasteiger charge is 2.19. The lowest BCUT2D eigenvalue weighted by Gasteiger charge is -2.18. The summed E-state index contributed by atoms with van der Waals surface area (Å²) < 4.78 is 16.5. The van der Waals surface area contributed by atoms with Crippen LogP contribution in [-0.2, 0) is 28.6 Å². The molecule has 0 aromatic carbocycles. The SMILES string of the molecule is CCCCCCCCCCCCCCCC(=O)OC[C@H](COC(=O)CCCCCCCCC(C)C)OC(=O)CCCCCCC. The average Bonchev–Trinajstić information content (AvgIpc) is 3.01. The maximum atomic E-state index is 12.4. The summed E-state index contributed by atoms with van der Waals surface area (Å²) in [4.78, 5) is 37.1. The molecule has 0 N–H and O–H groups in total. The molecule has 6 nitrogen and oxygen atoms in total. The zero-order chi connectivity index (χ0) is 33.2. The van der Waals surface area contributed by atoms with Gasteiger partial charge in [-0.15, -0.1) is 0 Å². The molecule has 45 heavy (non-hydrogen) atoms. The van der Waals surface area contributed by atoms with Crippen molar-refractivity contribution in [3.63, 3.8) is 0 Å². The summed E-state index contributed by atoms with van der Waals surface area (Å²) >= 11 is 0. The van der Waals surface area contributed by atoms with Gasteiger partial charge in [0.25, 0.3) is 0 Å². The minimum atomic E-state index is -0.756. The highest BCUT2D eigenvalue weighted by Crippen LogP contribution is 2.15. The van der Waals surface area contributed by atoms with Gasteiger partial charge in [0.2, 0.25) is 0 Å². The van der Waals surface area contributed by atoms with Crippen LogP contribution < -0.4 is 0 Å². The van der Waals surface area contributed by atoms with Gasteiger partial charge in [-0.3, -0.25) is 14.4 Å². The first-order valence-corrected chi connectivity index (χ1v) is 19.4. The highest BCUT2D eigenvalue weighted by molar-refractivity contribution is 5.71. The fourth-order valence-corrected chi connectivity index (χ4v) is 5.57. The van der Waals surface area contributed by atoms with Gasteiger partial charge in [0, 0.05) is 19.3 Å². The molecule has 0 aliphatic heterocycles. The number of carbonyl (C=O) groups excluding carboxylic acids is 3. The Bertz CT molecular complexity index is 676. The molecule has 0 fully saturated rings. The third kappa shape index (κ3) is 33.6. The summed E-state index contributed by atoms with van der Waals surface area (Å²) in [5, 5.41) is 0. The van der Waals surface area contributed by atoms with Crippen molar-refractivity contribution in [3.05, 3.63) is 0 Å². The largest absolute Gasteiger partial charge is 0.462 e. The Kier molecular flexibility index (Phi) is 32.6. The first-order valence-electron chi connectivity index (χ1n) is 19.4. The van der Waals surface area contributed by atoms with E-state index in [4.69, 9.17) is 14.2 Å². The Morgan fingerprint density at radius 1 is 0.422 bits per heavy atom. The molecule has 1 atom stereocenters. The van der Waals surface area contributed by atoms with Crippen LogP contribution in [0.25, 0.3) is 0 Å². The molecule has 0 amide bonds. The average molecular weight is 639 g/mol. The van der Waals surface area contributed by atoms with E-state index in [0.29, 0.717) is 19.3 Å². The molecule has 0 heterocycles. The van der Waals surface area contributed by atoms with E-state index in [2.05, 4.69) is 27.7 Å². The van der Waals surface area contributed by atoms with Crippen molar-refractivity contribution in [1.29, 1.82) is 0 Å². The predicted octanol–water partition coefficient (Wildman–Crippen LogP) is 11.6. The fraction of sp³-hybridized carbons (Fsp3) is 0.923. The monoisotopic (exact) mass is 639 g/mol. The van der Waals surface area contributed by atoms with E-state index >= 15 is 0 Å². The van der Waals surface area contributed by atoms with Crippen LogP contribution in [0, 0.1) is 5.92 Å². The lowest BCUT2D eigenvalue weighted by molar-refractivity contribution is -0.167. The Hall–Kier alpha value is -1.59. The number of hydrogen-bond donors (Lipinski definition) is 0. The summed E-state index contributed by atoms with van der Waals surface area (Å²) in [7, 11) is 0. The van der Waals surface area contributed by atoms with Crippen LogP contribution >= 0.6 is 0 Å². The quantitative estimate of drug-likeness (QED) is 0.0396. The normalized spacial score (nSPS) is 11.9. The van der Waals surface area contributed by atoms with E-state index < -0.39 is 6.10 Å². The number of hydrogen-bond acceptors (Lipinski definition) is 6. The van der Waals surface area contributed by atoms with E-state index in [1.807, 2.05) is 0 Å². The van der Waals surface area contributed by atoms with Crippen LogP contribution in [0.5, 0.6) is 0 Å². The van der Waals surface area contributed by atoms with E-state index in [9.17, 15) is 14.4 Å². The van der Waals surface area contributed by atoms with Gasteiger partial charge in [0.05, 0.1) is 0 Å². The Labute approximate surface area is 278 Å². The second kappa shape index (κ2) is 33.8. The van der Waals surface area contributed by atoms with E-state index in [1.54, 1.807) is 0 Å². The van der Waals surface area contributed by atoms with Crippen LogP contribution in [0.1, 0.15) is 207 Å². The van der Waals surface area contributed by atoms with Gasteiger partial charge in [0.1, 0.15) is 13.2 Å². The summed E-state index contributed by atoms with van der Waals surface area (Å²) in [6, 6.07) is 0. The number of carbonyl (C=O) groups is 3. The van der Waals surface area contributed by atoms with Crippen molar-refractivity contribution in [1.82, 2.24) is 0 Å². The predicted molar refractivity (Wildman–Crippen MR) is 187 cm³/mol. The highest BCUT2D eigenvalue weighted by atomic mass is 16.6. The van der Waals surface area contributed by atoms with Crippen LogP contribution in [-0.4, -0.2) is 37.2 Å². The molecular formula is C39H74O6. The molecule has 0 aromatic rings. The second-order valence-electron chi connectivity index (χ2n) is 13.7. The van der Waals surface area contributed by atoms with Gasteiger partial charge in [-0.25, -0.2) is 0 Å².